The van der Waals surface area contributed by atoms with Crippen LogP contribution in [0.25, 0.3) is 0 Å². The van der Waals surface area contributed by atoms with Gasteiger partial charge in [0.1, 0.15) is 37.2 Å². The van der Waals surface area contributed by atoms with Gasteiger partial charge >= 0.3 is 0 Å². The van der Waals surface area contributed by atoms with Gasteiger partial charge in [-0.1, -0.05) is 0 Å². The van der Waals surface area contributed by atoms with Crippen molar-refractivity contribution in [3.05, 3.63) is 25.0 Å². The molecular formula is C17H25N9O. The molecule has 0 N–H and O–H groups in total. The zero-order chi connectivity index (χ0) is 18.6. The van der Waals surface area contributed by atoms with E-state index in [0.717, 1.165) is 50.9 Å². The summed E-state index contributed by atoms with van der Waals surface area (Å²) < 4.78 is 1.56. The Bertz CT molecular complexity index is 750. The Kier molecular flexibility index (Phi) is 5.14. The number of piperazine rings is 2. The number of likely N-dealkylation sites (N-methyl/N-ethyl adjacent to an activating group) is 1. The van der Waals surface area contributed by atoms with E-state index in [4.69, 9.17) is 0 Å². The van der Waals surface area contributed by atoms with Crippen LogP contribution >= 0.6 is 0 Å². The molecule has 1 amide bonds. The topological polar surface area (TPSA) is 86.5 Å². The monoisotopic (exact) mass is 371 g/mol. The zero-order valence-electron chi connectivity index (χ0n) is 15.6. The van der Waals surface area contributed by atoms with Crippen molar-refractivity contribution in [1.29, 1.82) is 0 Å². The third-order valence-electron chi connectivity index (χ3n) is 5.19. The number of hydrogen-bond acceptors (Lipinski definition) is 8. The van der Waals surface area contributed by atoms with Crippen molar-refractivity contribution >= 4 is 17.5 Å². The fraction of sp³-hybridized carbons (Fsp3) is 0.588. The highest BCUT2D eigenvalue weighted by Gasteiger charge is 2.23. The number of amides is 1. The molecule has 2 saturated heterocycles. The third kappa shape index (κ3) is 4.16. The fourth-order valence-electron chi connectivity index (χ4n) is 3.46. The van der Waals surface area contributed by atoms with Crippen LogP contribution in [0.5, 0.6) is 0 Å². The van der Waals surface area contributed by atoms with Crippen molar-refractivity contribution in [2.45, 2.75) is 6.54 Å². The first kappa shape index (κ1) is 17.7. The van der Waals surface area contributed by atoms with Gasteiger partial charge in [-0.3, -0.25) is 4.79 Å². The molecule has 2 aliphatic heterocycles. The molecule has 2 fully saturated rings. The van der Waals surface area contributed by atoms with Crippen LogP contribution in [0.3, 0.4) is 0 Å². The van der Waals surface area contributed by atoms with Crippen molar-refractivity contribution in [3.63, 3.8) is 0 Å². The molecule has 2 aromatic heterocycles. The van der Waals surface area contributed by atoms with Gasteiger partial charge in [0.2, 0.25) is 5.91 Å². The number of anilines is 2. The molecule has 10 heteroatoms. The Morgan fingerprint density at radius 2 is 1.56 bits per heavy atom. The minimum absolute atomic E-state index is 0.0703. The Labute approximate surface area is 158 Å². The molecule has 0 atom stereocenters. The van der Waals surface area contributed by atoms with Crippen LogP contribution in [0, 0.1) is 0 Å². The summed E-state index contributed by atoms with van der Waals surface area (Å²) in [5.74, 6) is 1.99. The fourth-order valence-corrected chi connectivity index (χ4v) is 3.46. The second-order valence-electron chi connectivity index (χ2n) is 6.99. The minimum atomic E-state index is 0.0703. The second-order valence-corrected chi connectivity index (χ2v) is 6.99. The molecule has 2 aromatic rings. The average molecular weight is 371 g/mol. The van der Waals surface area contributed by atoms with E-state index >= 15 is 0 Å². The molecule has 0 unspecified atom stereocenters. The van der Waals surface area contributed by atoms with Crippen LogP contribution in [0.15, 0.2) is 25.0 Å². The smallest absolute Gasteiger partial charge is 0.244 e. The van der Waals surface area contributed by atoms with Gasteiger partial charge in [0.15, 0.2) is 0 Å². The zero-order valence-corrected chi connectivity index (χ0v) is 15.6. The van der Waals surface area contributed by atoms with Gasteiger partial charge in [0.05, 0.1) is 0 Å². The van der Waals surface area contributed by atoms with Crippen molar-refractivity contribution in [1.82, 2.24) is 34.5 Å². The molecular weight excluding hydrogens is 346 g/mol. The maximum Gasteiger partial charge on any atom is 0.244 e. The summed E-state index contributed by atoms with van der Waals surface area (Å²) in [4.78, 5) is 33.9. The van der Waals surface area contributed by atoms with Crippen molar-refractivity contribution in [2.24, 2.45) is 0 Å². The first-order chi connectivity index (χ1) is 13.2. The van der Waals surface area contributed by atoms with Crippen LogP contribution in [-0.2, 0) is 11.3 Å². The molecule has 27 heavy (non-hydrogen) atoms. The first-order valence-electron chi connectivity index (χ1n) is 9.30. The molecule has 0 aromatic carbocycles. The van der Waals surface area contributed by atoms with Gasteiger partial charge in [-0.15, -0.1) is 0 Å². The van der Waals surface area contributed by atoms with Gasteiger partial charge < -0.3 is 19.6 Å². The van der Waals surface area contributed by atoms with Crippen molar-refractivity contribution in [3.8, 4) is 0 Å². The maximum absolute atomic E-state index is 12.4. The maximum atomic E-state index is 12.4. The van der Waals surface area contributed by atoms with Gasteiger partial charge in [-0.25, -0.2) is 19.6 Å². The van der Waals surface area contributed by atoms with Crippen LogP contribution < -0.4 is 9.80 Å². The SMILES string of the molecule is CN1CCN(c2cc(N3CCN(C(=O)Cn4cncn4)CC3)ncn2)CC1. The molecule has 4 rings (SSSR count). The van der Waals surface area contributed by atoms with E-state index in [1.807, 2.05) is 4.90 Å². The molecule has 0 radical (unpaired) electrons. The van der Waals surface area contributed by atoms with Gasteiger partial charge in [-0.2, -0.15) is 5.10 Å². The lowest BCUT2D eigenvalue weighted by molar-refractivity contribution is -0.132. The van der Waals surface area contributed by atoms with E-state index in [1.165, 1.54) is 6.33 Å². The van der Waals surface area contributed by atoms with Crippen LogP contribution in [0.2, 0.25) is 0 Å². The summed E-state index contributed by atoms with van der Waals surface area (Å²) in [7, 11) is 2.15. The van der Waals surface area contributed by atoms with Gasteiger partial charge in [0, 0.05) is 58.4 Å². The molecule has 0 saturated carbocycles. The lowest BCUT2D eigenvalue weighted by Gasteiger charge is -2.36. The van der Waals surface area contributed by atoms with Crippen molar-refractivity contribution in [2.75, 3.05) is 69.2 Å². The highest BCUT2D eigenvalue weighted by molar-refractivity contribution is 5.76. The standard InChI is InChI=1S/C17H25N9O/c1-22-2-4-23(5-3-22)15-10-16(20-13-19-15)24-6-8-25(9-7-24)17(27)11-26-14-18-12-21-26/h10,12-14H,2-9,11H2,1H3. The van der Waals surface area contributed by atoms with E-state index in [1.54, 1.807) is 17.3 Å². The Morgan fingerprint density at radius 1 is 0.926 bits per heavy atom. The van der Waals surface area contributed by atoms with E-state index in [-0.39, 0.29) is 12.5 Å². The lowest BCUT2D eigenvalue weighted by Crippen LogP contribution is -2.50. The number of aromatic nitrogens is 5. The molecule has 0 bridgehead atoms. The number of nitrogens with zero attached hydrogens (tertiary/aromatic N) is 9. The van der Waals surface area contributed by atoms with Gasteiger partial charge in [-0.05, 0) is 7.05 Å². The van der Waals surface area contributed by atoms with Crippen LogP contribution in [0.4, 0.5) is 11.6 Å². The predicted octanol–water partition coefficient (Wildman–Crippen LogP) is -0.831. The number of carbonyl (C=O) groups is 1. The first-order valence-corrected chi connectivity index (χ1v) is 9.30. The van der Waals surface area contributed by atoms with Gasteiger partial charge in [0.25, 0.3) is 0 Å². The Balaban J connectivity index is 1.34. The molecule has 4 heterocycles. The normalized spacial score (nSPS) is 18.8. The minimum Gasteiger partial charge on any atom is -0.354 e. The third-order valence-corrected chi connectivity index (χ3v) is 5.19. The van der Waals surface area contributed by atoms with Crippen molar-refractivity contribution < 1.29 is 4.79 Å². The van der Waals surface area contributed by atoms with E-state index < -0.39 is 0 Å². The summed E-state index contributed by atoms with van der Waals surface area (Å²) in [5, 5.41) is 4.00. The van der Waals surface area contributed by atoms with E-state index in [9.17, 15) is 4.79 Å². The summed E-state index contributed by atoms with van der Waals surface area (Å²) >= 11 is 0. The highest BCUT2D eigenvalue weighted by atomic mass is 16.2. The van der Waals surface area contributed by atoms with Crippen LogP contribution in [-0.4, -0.2) is 99.8 Å². The molecule has 2 aliphatic rings. The summed E-state index contributed by atoms with van der Waals surface area (Å²) in [6, 6.07) is 2.07. The molecule has 0 aliphatic carbocycles. The number of rotatable bonds is 4. The van der Waals surface area contributed by atoms with Crippen LogP contribution in [0.1, 0.15) is 0 Å². The quantitative estimate of drug-likeness (QED) is 0.688. The average Bonchev–Trinajstić information content (AvgIpc) is 3.22. The lowest BCUT2D eigenvalue weighted by atomic mass is 10.3. The molecule has 144 valence electrons. The molecule has 10 nitrogen and oxygen atoms in total. The predicted molar refractivity (Wildman–Crippen MR) is 101 cm³/mol. The number of carbonyl (C=O) groups excluding carboxylic acids is 1. The largest absolute Gasteiger partial charge is 0.354 e. The molecule has 0 spiro atoms. The summed E-state index contributed by atoms with van der Waals surface area (Å²) in [6.07, 6.45) is 4.65. The second kappa shape index (κ2) is 7.87. The highest BCUT2D eigenvalue weighted by Crippen LogP contribution is 2.20. The summed E-state index contributed by atoms with van der Waals surface area (Å²) in [5.41, 5.74) is 0. The van der Waals surface area contributed by atoms with E-state index in [0.29, 0.717) is 13.1 Å². The Hall–Kier alpha value is -2.75. The summed E-state index contributed by atoms with van der Waals surface area (Å²) in [6.45, 7) is 7.20. The Morgan fingerprint density at radius 3 is 2.15 bits per heavy atom. The van der Waals surface area contributed by atoms with E-state index in [2.05, 4.69) is 47.9 Å². The number of hydrogen-bond donors (Lipinski definition) is 0.